The highest BCUT2D eigenvalue weighted by atomic mass is 19.4. The van der Waals surface area contributed by atoms with Crippen LogP contribution in [0.25, 0.3) is 0 Å². The minimum atomic E-state index is -4.64. The van der Waals surface area contributed by atoms with Gasteiger partial charge in [0.05, 0.1) is 5.56 Å². The van der Waals surface area contributed by atoms with E-state index >= 15 is 0 Å². The van der Waals surface area contributed by atoms with Crippen molar-refractivity contribution in [1.82, 2.24) is 20.0 Å². The number of carbonyl (C=O) groups is 1. The van der Waals surface area contributed by atoms with Gasteiger partial charge in [0, 0.05) is 25.8 Å². The van der Waals surface area contributed by atoms with Crippen LogP contribution >= 0.6 is 0 Å². The molecule has 0 aromatic carbocycles. The van der Waals surface area contributed by atoms with Crippen LogP contribution < -0.4 is 5.32 Å². The number of nitrogens with zero attached hydrogens (tertiary/aromatic N) is 3. The molecular formula is C16H25F3N4O. The highest BCUT2D eigenvalue weighted by molar-refractivity contribution is 5.95. The number of hydrogen-bond acceptors (Lipinski definition) is 3. The van der Waals surface area contributed by atoms with Gasteiger partial charge in [0.2, 0.25) is 0 Å². The van der Waals surface area contributed by atoms with Crippen LogP contribution in [-0.2, 0) is 13.2 Å². The number of likely N-dealkylation sites (tertiary alicyclic amines) is 1. The van der Waals surface area contributed by atoms with E-state index in [1.807, 2.05) is 0 Å². The Bertz CT molecular complexity index is 562. The molecule has 1 amide bonds. The molecule has 0 bridgehead atoms. The summed E-state index contributed by atoms with van der Waals surface area (Å²) in [7, 11) is 1.37. The Morgan fingerprint density at radius 1 is 1.33 bits per heavy atom. The molecule has 1 aromatic heterocycles. The van der Waals surface area contributed by atoms with Crippen molar-refractivity contribution in [1.29, 1.82) is 0 Å². The summed E-state index contributed by atoms with van der Waals surface area (Å²) in [6, 6.07) is 0.155. The van der Waals surface area contributed by atoms with Crippen LogP contribution in [0.4, 0.5) is 13.2 Å². The van der Waals surface area contributed by atoms with Crippen molar-refractivity contribution in [2.45, 2.75) is 45.3 Å². The Morgan fingerprint density at radius 2 is 1.96 bits per heavy atom. The number of amides is 1. The van der Waals surface area contributed by atoms with Crippen molar-refractivity contribution >= 4 is 5.91 Å². The van der Waals surface area contributed by atoms with E-state index in [9.17, 15) is 18.0 Å². The van der Waals surface area contributed by atoms with E-state index in [1.54, 1.807) is 0 Å². The summed E-state index contributed by atoms with van der Waals surface area (Å²) in [6.45, 7) is 6.52. The van der Waals surface area contributed by atoms with Gasteiger partial charge in [-0.1, -0.05) is 13.8 Å². The number of aromatic nitrogens is 2. The van der Waals surface area contributed by atoms with Gasteiger partial charge in [0.25, 0.3) is 5.91 Å². The van der Waals surface area contributed by atoms with Gasteiger partial charge < -0.3 is 5.32 Å². The molecule has 0 unspecified atom stereocenters. The van der Waals surface area contributed by atoms with Crippen molar-refractivity contribution in [3.63, 3.8) is 0 Å². The third-order valence-corrected chi connectivity index (χ3v) is 4.24. The van der Waals surface area contributed by atoms with E-state index in [0.29, 0.717) is 12.5 Å². The zero-order chi connectivity index (χ0) is 17.9. The molecule has 2 rings (SSSR count). The van der Waals surface area contributed by atoms with E-state index in [2.05, 4.69) is 29.2 Å². The lowest BCUT2D eigenvalue weighted by molar-refractivity contribution is -0.141. The summed E-state index contributed by atoms with van der Waals surface area (Å²) >= 11 is 0. The summed E-state index contributed by atoms with van der Waals surface area (Å²) in [5, 5.41) is 6.05. The molecule has 5 nitrogen and oxygen atoms in total. The van der Waals surface area contributed by atoms with Crippen molar-refractivity contribution in [2.24, 2.45) is 13.0 Å². The highest BCUT2D eigenvalue weighted by Crippen LogP contribution is 2.30. The smallest absolute Gasteiger partial charge is 0.350 e. The lowest BCUT2D eigenvalue weighted by atomic mass is 10.0. The summed E-state index contributed by atoms with van der Waals surface area (Å²) in [6.07, 6.45) is -0.363. The minimum Gasteiger partial charge on any atom is -0.350 e. The Hall–Kier alpha value is -1.57. The third-order valence-electron chi connectivity index (χ3n) is 4.24. The first-order valence-electron chi connectivity index (χ1n) is 8.31. The average molecular weight is 346 g/mol. The number of alkyl halides is 3. The molecule has 0 spiro atoms. The Labute approximate surface area is 140 Å². The summed E-state index contributed by atoms with van der Waals surface area (Å²) < 4.78 is 39.9. The van der Waals surface area contributed by atoms with Gasteiger partial charge >= 0.3 is 6.18 Å². The van der Waals surface area contributed by atoms with Crippen LogP contribution in [-0.4, -0.2) is 46.3 Å². The molecule has 1 aromatic rings. The lowest BCUT2D eigenvalue weighted by Gasteiger charge is -2.29. The topological polar surface area (TPSA) is 50.2 Å². The van der Waals surface area contributed by atoms with Gasteiger partial charge in [-0.3, -0.25) is 14.4 Å². The summed E-state index contributed by atoms with van der Waals surface area (Å²) in [5.74, 6) is -0.264. The van der Waals surface area contributed by atoms with Gasteiger partial charge in [-0.05, 0) is 38.3 Å². The first-order chi connectivity index (χ1) is 11.2. The predicted octanol–water partition coefficient (Wildman–Crippen LogP) is 2.68. The third kappa shape index (κ3) is 4.72. The maximum atomic E-state index is 13.0. The van der Waals surface area contributed by atoms with E-state index in [1.165, 1.54) is 7.05 Å². The van der Waals surface area contributed by atoms with Crippen molar-refractivity contribution in [2.75, 3.05) is 19.6 Å². The monoisotopic (exact) mass is 346 g/mol. The molecule has 0 aliphatic carbocycles. The normalized spacial score (nSPS) is 17.5. The first-order valence-corrected chi connectivity index (χ1v) is 8.31. The Morgan fingerprint density at radius 3 is 2.50 bits per heavy atom. The van der Waals surface area contributed by atoms with Crippen LogP contribution in [0.5, 0.6) is 0 Å². The molecule has 1 fully saturated rings. The van der Waals surface area contributed by atoms with E-state index < -0.39 is 23.3 Å². The number of hydrogen-bond donors (Lipinski definition) is 1. The molecule has 8 heteroatoms. The molecule has 136 valence electrons. The van der Waals surface area contributed by atoms with Gasteiger partial charge in [0.15, 0.2) is 5.69 Å². The lowest BCUT2D eigenvalue weighted by Crippen LogP contribution is -2.43. The second-order valence-electron chi connectivity index (χ2n) is 6.80. The van der Waals surface area contributed by atoms with Gasteiger partial charge in [-0.2, -0.15) is 18.3 Å². The van der Waals surface area contributed by atoms with Crippen molar-refractivity contribution in [3.8, 4) is 0 Å². The van der Waals surface area contributed by atoms with Crippen molar-refractivity contribution in [3.05, 3.63) is 17.5 Å². The molecule has 1 saturated heterocycles. The van der Waals surface area contributed by atoms with Crippen molar-refractivity contribution < 1.29 is 18.0 Å². The van der Waals surface area contributed by atoms with Gasteiger partial charge in [-0.15, -0.1) is 0 Å². The number of carbonyl (C=O) groups excluding carboxylic acids is 1. The quantitative estimate of drug-likeness (QED) is 0.862. The summed E-state index contributed by atoms with van der Waals surface area (Å²) in [4.78, 5) is 14.6. The van der Waals surface area contributed by atoms with Crippen LogP contribution in [0.3, 0.4) is 0 Å². The van der Waals surface area contributed by atoms with E-state index in [4.69, 9.17) is 0 Å². The minimum absolute atomic E-state index is 0.155. The molecule has 1 N–H and O–H groups in total. The largest absolute Gasteiger partial charge is 0.435 e. The maximum Gasteiger partial charge on any atom is 0.435 e. The Balaban J connectivity index is 2.05. The fourth-order valence-electron chi connectivity index (χ4n) is 3.18. The predicted molar refractivity (Wildman–Crippen MR) is 84.6 cm³/mol. The molecule has 1 aliphatic heterocycles. The molecule has 2 heterocycles. The summed E-state index contributed by atoms with van der Waals surface area (Å²) in [5.41, 5.74) is -1.56. The molecule has 1 atom stereocenters. The first kappa shape index (κ1) is 18.8. The second-order valence-corrected chi connectivity index (χ2v) is 6.80. The maximum absolute atomic E-state index is 13.0. The van der Waals surface area contributed by atoms with Gasteiger partial charge in [0.1, 0.15) is 0 Å². The van der Waals surface area contributed by atoms with Crippen LogP contribution in [0.15, 0.2) is 6.20 Å². The number of nitrogens with one attached hydrogen (secondary N) is 1. The van der Waals surface area contributed by atoms with Crippen LogP contribution in [0.1, 0.15) is 49.2 Å². The highest BCUT2D eigenvalue weighted by Gasteiger charge is 2.39. The van der Waals surface area contributed by atoms with Gasteiger partial charge in [-0.25, -0.2) is 0 Å². The molecule has 0 saturated carbocycles. The molecule has 1 aliphatic rings. The SMILES string of the molecule is CC(C)C[C@H](CNC(=O)c1cn(C)nc1C(F)(F)F)N1CCCC1. The van der Waals surface area contributed by atoms with Crippen LogP contribution in [0.2, 0.25) is 0 Å². The zero-order valence-corrected chi connectivity index (χ0v) is 14.4. The molecule has 24 heavy (non-hydrogen) atoms. The molecular weight excluding hydrogens is 321 g/mol. The number of aryl methyl sites for hydroxylation is 1. The fraction of sp³-hybridized carbons (Fsp3) is 0.750. The second kappa shape index (κ2) is 7.55. The van der Waals surface area contributed by atoms with E-state index in [0.717, 1.165) is 43.2 Å². The standard InChI is InChI=1S/C16H25F3N4O/c1-11(2)8-12(23-6-4-5-7-23)9-20-15(24)13-10-22(3)21-14(13)16(17,18)19/h10-12H,4-9H2,1-3H3,(H,20,24)/t12-/m1/s1. The number of rotatable bonds is 6. The van der Waals surface area contributed by atoms with Crippen LogP contribution in [0, 0.1) is 5.92 Å². The fourth-order valence-corrected chi connectivity index (χ4v) is 3.18. The average Bonchev–Trinajstić information content (AvgIpc) is 3.11. The number of halogens is 3. The molecule has 0 radical (unpaired) electrons. The zero-order valence-electron chi connectivity index (χ0n) is 14.4. The Kier molecular flexibility index (Phi) is 5.90. The van der Waals surface area contributed by atoms with E-state index in [-0.39, 0.29) is 6.04 Å².